The summed E-state index contributed by atoms with van der Waals surface area (Å²) in [5.74, 6) is -0.896. The topological polar surface area (TPSA) is 78.9 Å². The number of esters is 3. The summed E-state index contributed by atoms with van der Waals surface area (Å²) in [6.45, 7) is 6.60. The standard InChI is InChI=1S/C55H100O6/c1-4-7-10-13-16-19-22-25-28-31-33-36-39-42-45-48-54(57)60-51-52(61-55(58)49-46-43-40-37-34-30-27-24-21-18-15-12-9-6-3)50-59-53(56)47-44-41-38-35-32-29-26-23-20-17-14-11-8-5-2/h16,19,22,25,30,34,52H,4-15,17-18,20-21,23-24,26-29,31-33,35-51H2,1-3H3/b19-16-,25-22-,34-30-. The van der Waals surface area contributed by atoms with Crippen LogP contribution >= 0.6 is 0 Å². The molecule has 1 unspecified atom stereocenters. The van der Waals surface area contributed by atoms with E-state index >= 15 is 0 Å². The van der Waals surface area contributed by atoms with Crippen molar-refractivity contribution in [3.8, 4) is 0 Å². The number of carbonyl (C=O) groups is 3. The molecule has 0 amide bonds. The molecule has 0 aliphatic rings. The number of carbonyl (C=O) groups excluding carboxylic acids is 3. The van der Waals surface area contributed by atoms with Crippen LogP contribution in [0.1, 0.15) is 278 Å². The van der Waals surface area contributed by atoms with Crippen LogP contribution < -0.4 is 0 Å². The maximum atomic E-state index is 12.8. The average molecular weight is 857 g/mol. The summed E-state index contributed by atoms with van der Waals surface area (Å²) in [6, 6.07) is 0. The molecule has 356 valence electrons. The molecule has 0 aliphatic heterocycles. The summed E-state index contributed by atoms with van der Waals surface area (Å²) in [7, 11) is 0. The molecule has 0 aromatic rings. The van der Waals surface area contributed by atoms with Crippen molar-refractivity contribution in [3.63, 3.8) is 0 Å². The zero-order valence-electron chi connectivity index (χ0n) is 40.7. The molecule has 0 saturated heterocycles. The molecule has 0 N–H and O–H groups in total. The average Bonchev–Trinajstić information content (AvgIpc) is 3.26. The van der Waals surface area contributed by atoms with Gasteiger partial charge in [0, 0.05) is 19.3 Å². The SMILES string of the molecule is CCCCC/C=C\C=C/CCCCCCCCC(=O)OCC(COC(=O)CCCCCCCCCCCCCCCC)OC(=O)CCCCC/C=C\CCCCCCCCC. The van der Waals surface area contributed by atoms with Gasteiger partial charge in [-0.2, -0.15) is 0 Å². The molecule has 6 nitrogen and oxygen atoms in total. The van der Waals surface area contributed by atoms with E-state index in [1.54, 1.807) is 0 Å². The lowest BCUT2D eigenvalue weighted by atomic mass is 10.0. The van der Waals surface area contributed by atoms with Crippen LogP contribution in [-0.4, -0.2) is 37.2 Å². The van der Waals surface area contributed by atoms with Gasteiger partial charge in [-0.25, -0.2) is 0 Å². The van der Waals surface area contributed by atoms with Crippen LogP contribution in [-0.2, 0) is 28.6 Å². The minimum atomic E-state index is -0.781. The van der Waals surface area contributed by atoms with Crippen LogP contribution in [0.2, 0.25) is 0 Å². The van der Waals surface area contributed by atoms with Crippen molar-refractivity contribution in [2.75, 3.05) is 13.2 Å². The van der Waals surface area contributed by atoms with E-state index < -0.39 is 6.10 Å². The Morgan fingerprint density at radius 3 is 0.967 bits per heavy atom. The first kappa shape index (κ1) is 58.6. The van der Waals surface area contributed by atoms with Crippen molar-refractivity contribution in [3.05, 3.63) is 36.5 Å². The van der Waals surface area contributed by atoms with Crippen molar-refractivity contribution < 1.29 is 28.6 Å². The molecule has 0 fully saturated rings. The summed E-state index contributed by atoms with van der Waals surface area (Å²) < 4.78 is 16.8. The third kappa shape index (κ3) is 48.5. The predicted molar refractivity (Wildman–Crippen MR) is 261 cm³/mol. The minimum Gasteiger partial charge on any atom is -0.462 e. The number of rotatable bonds is 48. The third-order valence-corrected chi connectivity index (χ3v) is 11.6. The molecule has 61 heavy (non-hydrogen) atoms. The molecule has 6 heteroatoms. The van der Waals surface area contributed by atoms with E-state index in [0.717, 1.165) is 77.0 Å². The second-order valence-corrected chi connectivity index (χ2v) is 17.8. The highest BCUT2D eigenvalue weighted by Gasteiger charge is 2.19. The van der Waals surface area contributed by atoms with E-state index in [2.05, 4.69) is 57.2 Å². The molecule has 0 saturated carbocycles. The molecule has 0 aliphatic carbocycles. The molecule has 0 aromatic heterocycles. The van der Waals surface area contributed by atoms with Crippen LogP contribution in [0.25, 0.3) is 0 Å². The molecule has 0 heterocycles. The van der Waals surface area contributed by atoms with Gasteiger partial charge in [0.25, 0.3) is 0 Å². The zero-order chi connectivity index (χ0) is 44.4. The Morgan fingerprint density at radius 1 is 0.328 bits per heavy atom. The quantitative estimate of drug-likeness (QED) is 0.0199. The van der Waals surface area contributed by atoms with Gasteiger partial charge in [-0.15, -0.1) is 0 Å². The van der Waals surface area contributed by atoms with E-state index in [1.807, 2.05) is 0 Å². The number of ether oxygens (including phenoxy) is 3. The fraction of sp³-hybridized carbons (Fsp3) is 0.836. The summed E-state index contributed by atoms with van der Waals surface area (Å²) in [5.41, 5.74) is 0. The first-order valence-corrected chi connectivity index (χ1v) is 26.5. The number of hydrogen-bond acceptors (Lipinski definition) is 6. The molecule has 0 rings (SSSR count). The Hall–Kier alpha value is -2.37. The van der Waals surface area contributed by atoms with E-state index in [0.29, 0.717) is 19.3 Å². The highest BCUT2D eigenvalue weighted by molar-refractivity contribution is 5.71. The van der Waals surface area contributed by atoms with Gasteiger partial charge in [-0.1, -0.05) is 224 Å². The summed E-state index contributed by atoms with van der Waals surface area (Å²) in [5, 5.41) is 0. The van der Waals surface area contributed by atoms with E-state index in [1.165, 1.54) is 161 Å². The van der Waals surface area contributed by atoms with E-state index in [4.69, 9.17) is 14.2 Å². The Morgan fingerprint density at radius 2 is 0.590 bits per heavy atom. The molecule has 0 radical (unpaired) electrons. The normalized spacial score (nSPS) is 12.2. The van der Waals surface area contributed by atoms with Crippen molar-refractivity contribution in [2.24, 2.45) is 0 Å². The summed E-state index contributed by atoms with van der Waals surface area (Å²) >= 11 is 0. The summed E-state index contributed by atoms with van der Waals surface area (Å²) in [4.78, 5) is 38.0. The van der Waals surface area contributed by atoms with Crippen molar-refractivity contribution in [2.45, 2.75) is 284 Å². The van der Waals surface area contributed by atoms with Gasteiger partial charge >= 0.3 is 17.9 Å². The van der Waals surface area contributed by atoms with Crippen molar-refractivity contribution >= 4 is 17.9 Å². The number of hydrogen-bond donors (Lipinski definition) is 0. The molecule has 0 spiro atoms. The molecule has 1 atom stereocenters. The van der Waals surface area contributed by atoms with Gasteiger partial charge in [0.05, 0.1) is 0 Å². The Labute approximate surface area is 378 Å². The lowest BCUT2D eigenvalue weighted by Gasteiger charge is -2.18. The van der Waals surface area contributed by atoms with Crippen LogP contribution in [0, 0.1) is 0 Å². The number of unbranched alkanes of at least 4 members (excludes halogenated alkanes) is 32. The molecular formula is C55H100O6. The Bertz CT molecular complexity index is 1030. The van der Waals surface area contributed by atoms with Crippen LogP contribution in [0.3, 0.4) is 0 Å². The maximum Gasteiger partial charge on any atom is 0.306 e. The van der Waals surface area contributed by atoms with Crippen molar-refractivity contribution in [1.29, 1.82) is 0 Å². The smallest absolute Gasteiger partial charge is 0.306 e. The molecule has 0 bridgehead atoms. The van der Waals surface area contributed by atoms with Gasteiger partial charge < -0.3 is 14.2 Å². The van der Waals surface area contributed by atoms with E-state index in [9.17, 15) is 14.4 Å². The Kier molecular flexibility index (Phi) is 48.3. The zero-order valence-corrected chi connectivity index (χ0v) is 40.7. The molecular weight excluding hydrogens is 757 g/mol. The first-order chi connectivity index (χ1) is 30.0. The van der Waals surface area contributed by atoms with Crippen LogP contribution in [0.4, 0.5) is 0 Å². The fourth-order valence-electron chi connectivity index (χ4n) is 7.60. The second-order valence-electron chi connectivity index (χ2n) is 17.8. The third-order valence-electron chi connectivity index (χ3n) is 11.6. The van der Waals surface area contributed by atoms with Gasteiger partial charge in [0.15, 0.2) is 6.10 Å². The van der Waals surface area contributed by atoms with E-state index in [-0.39, 0.29) is 31.1 Å². The largest absolute Gasteiger partial charge is 0.462 e. The summed E-state index contributed by atoms with van der Waals surface area (Å²) in [6.07, 6.45) is 58.4. The van der Waals surface area contributed by atoms with Gasteiger partial charge in [-0.3, -0.25) is 14.4 Å². The van der Waals surface area contributed by atoms with Gasteiger partial charge in [0.1, 0.15) is 13.2 Å². The van der Waals surface area contributed by atoms with Crippen LogP contribution in [0.5, 0.6) is 0 Å². The highest BCUT2D eigenvalue weighted by Crippen LogP contribution is 2.15. The maximum absolute atomic E-state index is 12.8. The first-order valence-electron chi connectivity index (χ1n) is 26.5. The number of allylic oxidation sites excluding steroid dienone is 6. The lowest BCUT2D eigenvalue weighted by molar-refractivity contribution is -0.167. The molecule has 0 aromatic carbocycles. The van der Waals surface area contributed by atoms with Crippen LogP contribution in [0.15, 0.2) is 36.5 Å². The predicted octanol–water partition coefficient (Wildman–Crippen LogP) is 17.3. The highest BCUT2D eigenvalue weighted by atomic mass is 16.6. The van der Waals surface area contributed by atoms with Crippen molar-refractivity contribution in [1.82, 2.24) is 0 Å². The lowest BCUT2D eigenvalue weighted by Crippen LogP contribution is -2.30. The Balaban J connectivity index is 4.39. The fourth-order valence-corrected chi connectivity index (χ4v) is 7.60. The van der Waals surface area contributed by atoms with Gasteiger partial charge in [0.2, 0.25) is 0 Å². The monoisotopic (exact) mass is 857 g/mol. The van der Waals surface area contributed by atoms with Gasteiger partial charge in [-0.05, 0) is 70.6 Å². The minimum absolute atomic E-state index is 0.0789. The second kappa shape index (κ2) is 50.3.